The minimum Gasteiger partial charge on any atom is -0.384 e. The Hall–Kier alpha value is -1.16. The monoisotopic (exact) mass is 294 g/mol. The van der Waals surface area contributed by atoms with Crippen molar-refractivity contribution in [3.05, 3.63) is 29.3 Å². The summed E-state index contributed by atoms with van der Waals surface area (Å²) in [6.45, 7) is 7.10. The Bertz CT molecular complexity index is 434. The molecule has 0 aromatic heterocycles. The molecule has 1 rings (SSSR count). The van der Waals surface area contributed by atoms with Gasteiger partial charge in [-0.3, -0.25) is 4.79 Å². The van der Waals surface area contributed by atoms with Gasteiger partial charge in [-0.2, -0.15) is 11.8 Å². The van der Waals surface area contributed by atoms with Crippen molar-refractivity contribution in [3.63, 3.8) is 0 Å². The third kappa shape index (κ3) is 5.45. The van der Waals surface area contributed by atoms with Crippen molar-refractivity contribution in [2.75, 3.05) is 23.9 Å². The fourth-order valence-corrected chi connectivity index (χ4v) is 2.52. The molecular formula is C16H26N2OS. The van der Waals surface area contributed by atoms with Gasteiger partial charge in [0.2, 0.25) is 0 Å². The zero-order chi connectivity index (χ0) is 15.0. The van der Waals surface area contributed by atoms with E-state index in [1.165, 1.54) is 0 Å². The second-order valence-corrected chi connectivity index (χ2v) is 6.12. The van der Waals surface area contributed by atoms with Crippen LogP contribution in [0.25, 0.3) is 0 Å². The predicted octanol–water partition coefficient (Wildman–Crippen LogP) is 3.69. The molecule has 3 nitrogen and oxygen atoms in total. The topological polar surface area (TPSA) is 41.1 Å². The van der Waals surface area contributed by atoms with Gasteiger partial charge in [0.05, 0.1) is 5.56 Å². The standard InChI is InChI=1S/C16H26N2OS/c1-5-9-17-15-11-12(2)6-7-14(15)16(19)18-13(3)8-10-20-4/h6-7,11,13,17H,5,8-10H2,1-4H3,(H,18,19). The minimum absolute atomic E-state index is 0.0113. The SMILES string of the molecule is CCCNc1cc(C)ccc1C(=O)NC(C)CCSC. The van der Waals surface area contributed by atoms with Crippen molar-refractivity contribution in [2.24, 2.45) is 0 Å². The van der Waals surface area contributed by atoms with Crippen molar-refractivity contribution in [2.45, 2.75) is 39.7 Å². The number of nitrogens with one attached hydrogen (secondary N) is 2. The summed E-state index contributed by atoms with van der Waals surface area (Å²) in [6, 6.07) is 6.13. The Morgan fingerprint density at radius 1 is 1.40 bits per heavy atom. The highest BCUT2D eigenvalue weighted by atomic mass is 32.2. The fourth-order valence-electron chi connectivity index (χ4n) is 1.93. The first-order valence-electron chi connectivity index (χ1n) is 7.22. The van der Waals surface area contributed by atoms with Crippen LogP contribution in [-0.4, -0.2) is 30.5 Å². The Kier molecular flexibility index (Phi) is 7.52. The van der Waals surface area contributed by atoms with E-state index in [0.717, 1.165) is 42.0 Å². The van der Waals surface area contributed by atoms with Crippen molar-refractivity contribution in [1.82, 2.24) is 5.32 Å². The van der Waals surface area contributed by atoms with Crippen molar-refractivity contribution in [1.29, 1.82) is 0 Å². The highest BCUT2D eigenvalue weighted by molar-refractivity contribution is 7.98. The van der Waals surface area contributed by atoms with Gasteiger partial charge in [0, 0.05) is 18.3 Å². The quantitative estimate of drug-likeness (QED) is 0.768. The Morgan fingerprint density at radius 3 is 2.80 bits per heavy atom. The van der Waals surface area contributed by atoms with Gasteiger partial charge in [-0.15, -0.1) is 0 Å². The first kappa shape index (κ1) is 16.9. The van der Waals surface area contributed by atoms with E-state index in [2.05, 4.69) is 30.7 Å². The van der Waals surface area contributed by atoms with E-state index in [0.29, 0.717) is 0 Å². The Morgan fingerprint density at radius 2 is 2.15 bits per heavy atom. The highest BCUT2D eigenvalue weighted by Gasteiger charge is 2.13. The molecule has 0 bridgehead atoms. The lowest BCUT2D eigenvalue weighted by atomic mass is 10.1. The van der Waals surface area contributed by atoms with Gasteiger partial charge in [0.15, 0.2) is 0 Å². The molecular weight excluding hydrogens is 268 g/mol. The minimum atomic E-state index is 0.0113. The molecule has 1 aromatic rings. The number of anilines is 1. The molecule has 0 spiro atoms. The van der Waals surface area contributed by atoms with E-state index in [1.54, 1.807) is 11.8 Å². The highest BCUT2D eigenvalue weighted by Crippen LogP contribution is 2.18. The molecule has 0 aliphatic carbocycles. The Balaban J connectivity index is 2.75. The normalized spacial score (nSPS) is 12.0. The predicted molar refractivity (Wildman–Crippen MR) is 89.9 cm³/mol. The third-order valence-electron chi connectivity index (χ3n) is 3.12. The van der Waals surface area contributed by atoms with Crippen LogP contribution in [0.2, 0.25) is 0 Å². The molecule has 0 saturated carbocycles. The molecule has 4 heteroatoms. The molecule has 112 valence electrons. The molecule has 20 heavy (non-hydrogen) atoms. The van der Waals surface area contributed by atoms with E-state index < -0.39 is 0 Å². The molecule has 0 aliphatic heterocycles. The molecule has 2 N–H and O–H groups in total. The molecule has 1 unspecified atom stereocenters. The van der Waals surface area contributed by atoms with Crippen LogP contribution in [-0.2, 0) is 0 Å². The summed E-state index contributed by atoms with van der Waals surface area (Å²) in [5.74, 6) is 1.08. The van der Waals surface area contributed by atoms with Crippen LogP contribution < -0.4 is 10.6 Å². The maximum atomic E-state index is 12.4. The van der Waals surface area contributed by atoms with Crippen molar-refractivity contribution >= 4 is 23.4 Å². The van der Waals surface area contributed by atoms with E-state index >= 15 is 0 Å². The number of thioether (sulfide) groups is 1. The number of hydrogen-bond donors (Lipinski definition) is 2. The largest absolute Gasteiger partial charge is 0.384 e. The van der Waals surface area contributed by atoms with Crippen LogP contribution in [0.15, 0.2) is 18.2 Å². The molecule has 1 atom stereocenters. The average Bonchev–Trinajstić information content (AvgIpc) is 2.42. The van der Waals surface area contributed by atoms with Gasteiger partial charge in [0.25, 0.3) is 5.91 Å². The van der Waals surface area contributed by atoms with Crippen molar-refractivity contribution in [3.8, 4) is 0 Å². The van der Waals surface area contributed by atoms with Gasteiger partial charge in [0.1, 0.15) is 0 Å². The van der Waals surface area contributed by atoms with Gasteiger partial charge in [-0.1, -0.05) is 13.0 Å². The van der Waals surface area contributed by atoms with Crippen molar-refractivity contribution < 1.29 is 4.79 Å². The summed E-state index contributed by atoms with van der Waals surface area (Å²) in [5, 5.41) is 6.41. The summed E-state index contributed by atoms with van der Waals surface area (Å²) in [5.41, 5.74) is 2.83. The van der Waals surface area contributed by atoms with Crippen LogP contribution in [0.3, 0.4) is 0 Å². The first-order valence-corrected chi connectivity index (χ1v) is 8.62. The van der Waals surface area contributed by atoms with E-state index in [4.69, 9.17) is 0 Å². The summed E-state index contributed by atoms with van der Waals surface area (Å²) >= 11 is 1.81. The summed E-state index contributed by atoms with van der Waals surface area (Å²) in [7, 11) is 0. The van der Waals surface area contributed by atoms with Crippen LogP contribution >= 0.6 is 11.8 Å². The maximum Gasteiger partial charge on any atom is 0.253 e. The van der Waals surface area contributed by atoms with Crippen LogP contribution in [0.4, 0.5) is 5.69 Å². The van der Waals surface area contributed by atoms with Crippen LogP contribution in [0, 0.1) is 6.92 Å². The van der Waals surface area contributed by atoms with E-state index in [1.807, 2.05) is 25.1 Å². The number of carbonyl (C=O) groups excluding carboxylic acids is 1. The lowest BCUT2D eigenvalue weighted by molar-refractivity contribution is 0.0940. The summed E-state index contributed by atoms with van der Waals surface area (Å²) in [6.07, 6.45) is 4.12. The second-order valence-electron chi connectivity index (χ2n) is 5.13. The molecule has 0 heterocycles. The molecule has 0 aliphatic rings. The third-order valence-corrected chi connectivity index (χ3v) is 3.76. The number of rotatable bonds is 8. The summed E-state index contributed by atoms with van der Waals surface area (Å²) in [4.78, 5) is 12.4. The van der Waals surface area contributed by atoms with Crippen LogP contribution in [0.1, 0.15) is 42.6 Å². The van der Waals surface area contributed by atoms with Gasteiger partial charge in [-0.05, 0) is 56.4 Å². The number of carbonyl (C=O) groups is 1. The zero-order valence-electron chi connectivity index (χ0n) is 13.0. The number of amides is 1. The number of hydrogen-bond acceptors (Lipinski definition) is 3. The van der Waals surface area contributed by atoms with Gasteiger partial charge in [-0.25, -0.2) is 0 Å². The molecule has 0 saturated heterocycles. The molecule has 0 fully saturated rings. The van der Waals surface area contributed by atoms with E-state index in [9.17, 15) is 4.79 Å². The second kappa shape index (κ2) is 8.90. The molecule has 1 aromatic carbocycles. The van der Waals surface area contributed by atoms with Crippen LogP contribution in [0.5, 0.6) is 0 Å². The van der Waals surface area contributed by atoms with Gasteiger partial charge >= 0.3 is 0 Å². The molecule has 1 amide bonds. The summed E-state index contributed by atoms with van der Waals surface area (Å²) < 4.78 is 0. The molecule has 0 radical (unpaired) electrons. The Labute approximate surface area is 126 Å². The first-order chi connectivity index (χ1) is 9.58. The van der Waals surface area contributed by atoms with Gasteiger partial charge < -0.3 is 10.6 Å². The lowest BCUT2D eigenvalue weighted by Crippen LogP contribution is -2.33. The average molecular weight is 294 g/mol. The number of aryl methyl sites for hydroxylation is 1. The number of benzene rings is 1. The maximum absolute atomic E-state index is 12.4. The van der Waals surface area contributed by atoms with E-state index in [-0.39, 0.29) is 11.9 Å². The lowest BCUT2D eigenvalue weighted by Gasteiger charge is -2.16. The zero-order valence-corrected chi connectivity index (χ0v) is 13.8. The smallest absolute Gasteiger partial charge is 0.253 e. The fraction of sp³-hybridized carbons (Fsp3) is 0.562.